The van der Waals surface area contributed by atoms with Crippen LogP contribution >= 0.6 is 15.9 Å². The highest BCUT2D eigenvalue weighted by Crippen LogP contribution is 2.28. The second kappa shape index (κ2) is 4.13. The van der Waals surface area contributed by atoms with Crippen LogP contribution in [0.5, 0.6) is 5.75 Å². The van der Waals surface area contributed by atoms with Crippen molar-refractivity contribution < 1.29 is 9.53 Å². The lowest BCUT2D eigenvalue weighted by atomic mass is 9.96. The number of aldehydes is 1. The molecule has 3 heteroatoms. The molecule has 0 unspecified atom stereocenters. The van der Waals surface area contributed by atoms with E-state index in [1.807, 2.05) is 12.1 Å². The third-order valence-corrected chi connectivity index (χ3v) is 2.94. The van der Waals surface area contributed by atoms with Crippen LogP contribution in [0.15, 0.2) is 22.7 Å². The van der Waals surface area contributed by atoms with Crippen molar-refractivity contribution in [3.63, 3.8) is 0 Å². The van der Waals surface area contributed by atoms with E-state index >= 15 is 0 Å². The van der Waals surface area contributed by atoms with Crippen molar-refractivity contribution >= 4 is 22.2 Å². The topological polar surface area (TPSA) is 26.3 Å². The van der Waals surface area contributed by atoms with Crippen molar-refractivity contribution in [3.05, 3.63) is 28.2 Å². The molecule has 0 radical (unpaired) electrons. The van der Waals surface area contributed by atoms with E-state index in [2.05, 4.69) is 15.9 Å². The number of rotatable bonds is 3. The molecule has 0 heterocycles. The standard InChI is InChI=1S/C11H11BrO2/c12-9-4-5-11(8(6-9)7-13)14-10-2-1-3-10/h4-7,10H,1-3H2. The van der Waals surface area contributed by atoms with E-state index in [-0.39, 0.29) is 0 Å². The monoisotopic (exact) mass is 254 g/mol. The summed E-state index contributed by atoms with van der Waals surface area (Å²) in [6, 6.07) is 5.51. The van der Waals surface area contributed by atoms with Crippen LogP contribution in [0.2, 0.25) is 0 Å². The van der Waals surface area contributed by atoms with Crippen LogP contribution in [0, 0.1) is 0 Å². The average Bonchev–Trinajstić information content (AvgIpc) is 2.13. The van der Waals surface area contributed by atoms with Crippen LogP contribution in [0.4, 0.5) is 0 Å². The SMILES string of the molecule is O=Cc1cc(Br)ccc1OC1CCC1. The van der Waals surface area contributed by atoms with Gasteiger partial charge in [-0.2, -0.15) is 0 Å². The molecule has 74 valence electrons. The Morgan fingerprint density at radius 3 is 2.79 bits per heavy atom. The minimum atomic E-state index is 0.315. The zero-order valence-corrected chi connectivity index (χ0v) is 9.29. The molecule has 0 bridgehead atoms. The molecule has 0 saturated heterocycles. The first kappa shape index (κ1) is 9.71. The first-order valence-electron chi connectivity index (χ1n) is 4.71. The lowest BCUT2D eigenvalue weighted by molar-refractivity contribution is 0.107. The van der Waals surface area contributed by atoms with Crippen molar-refractivity contribution in [1.82, 2.24) is 0 Å². The lowest BCUT2D eigenvalue weighted by Gasteiger charge is -2.26. The molecule has 1 saturated carbocycles. The smallest absolute Gasteiger partial charge is 0.153 e. The number of halogens is 1. The highest BCUT2D eigenvalue weighted by atomic mass is 79.9. The highest BCUT2D eigenvalue weighted by Gasteiger charge is 2.20. The number of carbonyl (C=O) groups is 1. The Labute approximate surface area is 91.4 Å². The van der Waals surface area contributed by atoms with Gasteiger partial charge in [-0.05, 0) is 37.5 Å². The second-order valence-corrected chi connectivity index (χ2v) is 4.39. The normalized spacial score (nSPS) is 16.1. The first-order chi connectivity index (χ1) is 6.79. The Bertz CT molecular complexity index is 345. The summed E-state index contributed by atoms with van der Waals surface area (Å²) in [4.78, 5) is 10.8. The number of ether oxygens (including phenoxy) is 1. The third-order valence-electron chi connectivity index (χ3n) is 2.44. The van der Waals surface area contributed by atoms with E-state index in [0.717, 1.165) is 23.6 Å². The molecule has 0 aliphatic heterocycles. The summed E-state index contributed by atoms with van der Waals surface area (Å²) in [5, 5.41) is 0. The zero-order chi connectivity index (χ0) is 9.97. The summed E-state index contributed by atoms with van der Waals surface area (Å²) >= 11 is 3.32. The van der Waals surface area contributed by atoms with Gasteiger partial charge < -0.3 is 4.74 Å². The zero-order valence-electron chi connectivity index (χ0n) is 7.70. The molecule has 1 fully saturated rings. The molecule has 2 rings (SSSR count). The highest BCUT2D eigenvalue weighted by molar-refractivity contribution is 9.10. The van der Waals surface area contributed by atoms with Crippen molar-refractivity contribution in [1.29, 1.82) is 0 Å². The van der Waals surface area contributed by atoms with Gasteiger partial charge in [0.05, 0.1) is 11.7 Å². The van der Waals surface area contributed by atoms with Gasteiger partial charge in [-0.3, -0.25) is 4.79 Å². The van der Waals surface area contributed by atoms with Gasteiger partial charge in [0.25, 0.3) is 0 Å². The van der Waals surface area contributed by atoms with E-state index in [0.29, 0.717) is 17.4 Å². The molecular weight excluding hydrogens is 244 g/mol. The fourth-order valence-corrected chi connectivity index (χ4v) is 1.77. The number of hydrogen-bond acceptors (Lipinski definition) is 2. The minimum Gasteiger partial charge on any atom is -0.490 e. The predicted octanol–water partition coefficient (Wildman–Crippen LogP) is 3.19. The van der Waals surface area contributed by atoms with Crippen molar-refractivity contribution in [2.75, 3.05) is 0 Å². The first-order valence-corrected chi connectivity index (χ1v) is 5.50. The third kappa shape index (κ3) is 1.98. The molecule has 0 atom stereocenters. The van der Waals surface area contributed by atoms with Crippen molar-refractivity contribution in [3.8, 4) is 5.75 Å². The van der Waals surface area contributed by atoms with E-state index in [1.54, 1.807) is 6.07 Å². The maximum Gasteiger partial charge on any atom is 0.153 e. The average molecular weight is 255 g/mol. The van der Waals surface area contributed by atoms with E-state index in [9.17, 15) is 4.79 Å². The maximum atomic E-state index is 10.8. The van der Waals surface area contributed by atoms with Gasteiger partial charge in [-0.25, -0.2) is 0 Å². The molecule has 14 heavy (non-hydrogen) atoms. The Balaban J connectivity index is 2.18. The fraction of sp³-hybridized carbons (Fsp3) is 0.364. The maximum absolute atomic E-state index is 10.8. The fourth-order valence-electron chi connectivity index (χ4n) is 1.39. The van der Waals surface area contributed by atoms with Crippen molar-refractivity contribution in [2.24, 2.45) is 0 Å². The molecule has 2 nitrogen and oxygen atoms in total. The Morgan fingerprint density at radius 1 is 1.43 bits per heavy atom. The molecule has 0 aromatic heterocycles. The lowest BCUT2D eigenvalue weighted by Crippen LogP contribution is -2.25. The van der Waals surface area contributed by atoms with Crippen LogP contribution in [0.25, 0.3) is 0 Å². The predicted molar refractivity (Wildman–Crippen MR) is 57.8 cm³/mol. The molecule has 0 amide bonds. The molecular formula is C11H11BrO2. The molecule has 1 aliphatic rings. The Kier molecular flexibility index (Phi) is 2.87. The van der Waals surface area contributed by atoms with E-state index in [4.69, 9.17) is 4.74 Å². The number of benzene rings is 1. The minimum absolute atomic E-state index is 0.315. The largest absolute Gasteiger partial charge is 0.490 e. The van der Waals surface area contributed by atoms with E-state index in [1.165, 1.54) is 6.42 Å². The summed E-state index contributed by atoms with van der Waals surface area (Å²) in [6.45, 7) is 0. The summed E-state index contributed by atoms with van der Waals surface area (Å²) in [5.41, 5.74) is 0.617. The van der Waals surface area contributed by atoms with Crippen LogP contribution in [-0.4, -0.2) is 12.4 Å². The van der Waals surface area contributed by atoms with Gasteiger partial charge in [0, 0.05) is 4.47 Å². The molecule has 1 aromatic carbocycles. The molecule has 0 N–H and O–H groups in total. The van der Waals surface area contributed by atoms with E-state index < -0.39 is 0 Å². The number of hydrogen-bond donors (Lipinski definition) is 0. The summed E-state index contributed by atoms with van der Waals surface area (Å²) in [5.74, 6) is 0.702. The van der Waals surface area contributed by atoms with Gasteiger partial charge in [0.1, 0.15) is 5.75 Å². The molecule has 1 aliphatic carbocycles. The Morgan fingerprint density at radius 2 is 2.21 bits per heavy atom. The van der Waals surface area contributed by atoms with Crippen LogP contribution in [-0.2, 0) is 0 Å². The van der Waals surface area contributed by atoms with Crippen LogP contribution < -0.4 is 4.74 Å². The van der Waals surface area contributed by atoms with Crippen LogP contribution in [0.1, 0.15) is 29.6 Å². The summed E-state index contributed by atoms with van der Waals surface area (Å²) in [6.07, 6.45) is 4.59. The Hall–Kier alpha value is -0.830. The van der Waals surface area contributed by atoms with Gasteiger partial charge in [-0.15, -0.1) is 0 Å². The summed E-state index contributed by atoms with van der Waals surface area (Å²) in [7, 11) is 0. The number of carbonyl (C=O) groups excluding carboxylic acids is 1. The molecule has 1 aromatic rings. The van der Waals surface area contributed by atoms with Gasteiger partial charge in [0.2, 0.25) is 0 Å². The van der Waals surface area contributed by atoms with Crippen molar-refractivity contribution in [2.45, 2.75) is 25.4 Å². The van der Waals surface area contributed by atoms with Gasteiger partial charge in [0.15, 0.2) is 6.29 Å². The second-order valence-electron chi connectivity index (χ2n) is 3.47. The van der Waals surface area contributed by atoms with Gasteiger partial charge >= 0.3 is 0 Å². The van der Waals surface area contributed by atoms with Gasteiger partial charge in [-0.1, -0.05) is 15.9 Å². The summed E-state index contributed by atoms with van der Waals surface area (Å²) < 4.78 is 6.58. The quantitative estimate of drug-likeness (QED) is 0.775. The van der Waals surface area contributed by atoms with Crippen LogP contribution in [0.3, 0.4) is 0 Å². The molecule has 0 spiro atoms.